The largest absolute Gasteiger partial charge is 0.394 e. The van der Waals surface area contributed by atoms with Crippen LogP contribution < -0.4 is 0 Å². The van der Waals surface area contributed by atoms with Gasteiger partial charge in [0.05, 0.1) is 13.2 Å². The van der Waals surface area contributed by atoms with E-state index in [1.807, 2.05) is 0 Å². The van der Waals surface area contributed by atoms with E-state index in [0.717, 1.165) is 0 Å². The second-order valence-electron chi connectivity index (χ2n) is 4.41. The van der Waals surface area contributed by atoms with Gasteiger partial charge in [-0.3, -0.25) is 0 Å². The van der Waals surface area contributed by atoms with Gasteiger partial charge in [0.2, 0.25) is 0 Å². The molecule has 0 aromatic heterocycles. The minimum Gasteiger partial charge on any atom is -0.381 e. The zero-order valence-electron chi connectivity index (χ0n) is 10.4. The molecule has 0 saturated heterocycles. The van der Waals surface area contributed by atoms with Crippen molar-refractivity contribution < 1.29 is 48.6 Å². The molecule has 0 aliphatic carbocycles. The molecule has 128 valence electrons. The van der Waals surface area contributed by atoms with Crippen LogP contribution in [-0.2, 0) is 4.74 Å². The van der Waals surface area contributed by atoms with Crippen LogP contribution in [0.15, 0.2) is 0 Å². The van der Waals surface area contributed by atoms with Crippen LogP contribution in [0.2, 0.25) is 0 Å². The molecule has 0 aromatic rings. The Morgan fingerprint density at radius 2 is 0.810 bits per heavy atom. The van der Waals surface area contributed by atoms with E-state index >= 15 is 0 Å². The Labute approximate surface area is 113 Å². The van der Waals surface area contributed by atoms with Crippen molar-refractivity contribution in [1.29, 1.82) is 0 Å². The Kier molecular flexibility index (Phi) is 6.77. The Balaban J connectivity index is 3.96. The third kappa shape index (κ3) is 12.7. The zero-order chi connectivity index (χ0) is 16.9. The monoisotopic (exact) mass is 338 g/mol. The third-order valence-corrected chi connectivity index (χ3v) is 2.14. The minimum absolute atomic E-state index is 0.967. The van der Waals surface area contributed by atoms with Crippen LogP contribution >= 0.6 is 0 Å². The van der Waals surface area contributed by atoms with Crippen LogP contribution in [0.1, 0.15) is 25.7 Å². The van der Waals surface area contributed by atoms with Crippen molar-refractivity contribution in [2.75, 3.05) is 13.2 Å². The summed E-state index contributed by atoms with van der Waals surface area (Å²) in [6.07, 6.45) is -17.7. The highest BCUT2D eigenvalue weighted by Gasteiger charge is 2.44. The Morgan fingerprint density at radius 3 is 1.05 bits per heavy atom. The van der Waals surface area contributed by atoms with Gasteiger partial charge in [-0.25, -0.2) is 17.6 Å². The molecule has 0 heterocycles. The summed E-state index contributed by atoms with van der Waals surface area (Å²) in [4.78, 5) is 0. The molecule has 21 heavy (non-hydrogen) atoms. The van der Waals surface area contributed by atoms with E-state index < -0.39 is 63.1 Å². The average molecular weight is 338 g/mol. The van der Waals surface area contributed by atoms with E-state index in [9.17, 15) is 43.9 Å². The first-order valence-electron chi connectivity index (χ1n) is 5.59. The zero-order valence-corrected chi connectivity index (χ0v) is 10.4. The summed E-state index contributed by atoms with van der Waals surface area (Å²) in [5.74, 6) is -8.24. The van der Waals surface area contributed by atoms with Crippen molar-refractivity contribution in [2.24, 2.45) is 0 Å². The van der Waals surface area contributed by atoms with Gasteiger partial charge in [-0.2, -0.15) is 26.3 Å². The van der Waals surface area contributed by atoms with Crippen LogP contribution in [-0.4, -0.2) is 37.4 Å². The van der Waals surface area contributed by atoms with Gasteiger partial charge in [0.15, 0.2) is 0 Å². The fourth-order valence-corrected chi connectivity index (χ4v) is 1.31. The highest BCUT2D eigenvalue weighted by Crippen LogP contribution is 2.35. The SMILES string of the molecule is FC(F)(F)CC(F)(F)CCOCCC(F)(F)CC(F)(F)F. The molecular weight excluding hydrogens is 326 g/mol. The first-order chi connectivity index (χ1) is 9.12. The number of rotatable bonds is 8. The van der Waals surface area contributed by atoms with Gasteiger partial charge in [-0.1, -0.05) is 0 Å². The normalized spacial score (nSPS) is 14.6. The summed E-state index contributed by atoms with van der Waals surface area (Å²) in [6.45, 7) is -1.93. The molecule has 0 spiro atoms. The second-order valence-corrected chi connectivity index (χ2v) is 4.41. The lowest BCUT2D eigenvalue weighted by atomic mass is 10.1. The molecule has 0 atom stereocenters. The molecule has 11 heteroatoms. The fraction of sp³-hybridized carbons (Fsp3) is 1.00. The first kappa shape index (κ1) is 20.3. The van der Waals surface area contributed by atoms with Gasteiger partial charge in [-0.15, -0.1) is 0 Å². The Hall–Kier alpha value is -0.740. The minimum atomic E-state index is -5.09. The second kappa shape index (κ2) is 7.01. The maximum atomic E-state index is 12.7. The fourth-order valence-electron chi connectivity index (χ4n) is 1.31. The van der Waals surface area contributed by atoms with E-state index in [-0.39, 0.29) is 0 Å². The molecule has 0 bridgehead atoms. The first-order valence-corrected chi connectivity index (χ1v) is 5.59. The summed E-state index contributed by atoms with van der Waals surface area (Å²) < 4.78 is 125. The number of halogens is 10. The molecule has 0 N–H and O–H groups in total. The van der Waals surface area contributed by atoms with Crippen molar-refractivity contribution in [3.8, 4) is 0 Å². The van der Waals surface area contributed by atoms with E-state index in [1.54, 1.807) is 0 Å². The Bertz CT molecular complexity index is 276. The van der Waals surface area contributed by atoms with Crippen molar-refractivity contribution in [2.45, 2.75) is 49.9 Å². The van der Waals surface area contributed by atoms with Crippen molar-refractivity contribution in [3.05, 3.63) is 0 Å². The van der Waals surface area contributed by atoms with Gasteiger partial charge < -0.3 is 4.74 Å². The van der Waals surface area contributed by atoms with Gasteiger partial charge in [0, 0.05) is 12.8 Å². The molecule has 0 aliphatic rings. The molecule has 0 radical (unpaired) electrons. The molecule has 0 saturated carbocycles. The summed E-state index contributed by atoms with van der Waals surface area (Å²) in [6, 6.07) is 0. The quantitative estimate of drug-likeness (QED) is 0.449. The van der Waals surface area contributed by atoms with Crippen LogP contribution in [0, 0.1) is 0 Å². The third-order valence-electron chi connectivity index (χ3n) is 2.14. The summed E-state index contributed by atoms with van der Waals surface area (Å²) in [7, 11) is 0. The highest BCUT2D eigenvalue weighted by molar-refractivity contribution is 4.72. The smallest absolute Gasteiger partial charge is 0.381 e. The Morgan fingerprint density at radius 1 is 0.524 bits per heavy atom. The standard InChI is InChI=1S/C10H12F10O/c11-7(12,5-9(15,16)17)1-3-21-4-2-8(13,14)6-10(18,19)20/h1-6H2. The maximum absolute atomic E-state index is 12.7. The van der Waals surface area contributed by atoms with Gasteiger partial charge in [0.1, 0.15) is 12.8 Å². The van der Waals surface area contributed by atoms with Gasteiger partial charge in [0.25, 0.3) is 11.8 Å². The lowest BCUT2D eigenvalue weighted by Crippen LogP contribution is -2.29. The van der Waals surface area contributed by atoms with Crippen LogP contribution in [0.3, 0.4) is 0 Å². The highest BCUT2D eigenvalue weighted by atomic mass is 19.4. The predicted molar refractivity (Wildman–Crippen MR) is 51.3 cm³/mol. The number of hydrogen-bond acceptors (Lipinski definition) is 1. The summed E-state index contributed by atoms with van der Waals surface area (Å²) >= 11 is 0. The van der Waals surface area contributed by atoms with E-state index in [1.165, 1.54) is 0 Å². The molecule has 0 unspecified atom stereocenters. The van der Waals surface area contributed by atoms with Crippen LogP contribution in [0.25, 0.3) is 0 Å². The number of ether oxygens (including phenoxy) is 1. The maximum Gasteiger partial charge on any atom is 0.394 e. The lowest BCUT2D eigenvalue weighted by Gasteiger charge is -2.19. The molecule has 1 nitrogen and oxygen atoms in total. The number of alkyl halides is 10. The van der Waals surface area contributed by atoms with E-state index in [0.29, 0.717) is 0 Å². The lowest BCUT2D eigenvalue weighted by molar-refractivity contribution is -0.194. The molecule has 0 rings (SSSR count). The van der Waals surface area contributed by atoms with Crippen LogP contribution in [0.4, 0.5) is 43.9 Å². The van der Waals surface area contributed by atoms with Crippen molar-refractivity contribution in [1.82, 2.24) is 0 Å². The molecule has 0 aliphatic heterocycles. The van der Waals surface area contributed by atoms with Crippen molar-refractivity contribution >= 4 is 0 Å². The average Bonchev–Trinajstić information content (AvgIpc) is 2.07. The van der Waals surface area contributed by atoms with E-state index in [4.69, 9.17) is 0 Å². The topological polar surface area (TPSA) is 9.23 Å². The van der Waals surface area contributed by atoms with Crippen molar-refractivity contribution in [3.63, 3.8) is 0 Å². The van der Waals surface area contributed by atoms with Gasteiger partial charge >= 0.3 is 12.4 Å². The van der Waals surface area contributed by atoms with E-state index in [2.05, 4.69) is 4.74 Å². The summed E-state index contributed by atoms with van der Waals surface area (Å²) in [5, 5.41) is 0. The van der Waals surface area contributed by atoms with Gasteiger partial charge in [-0.05, 0) is 0 Å². The molecule has 0 aromatic carbocycles. The molecule has 0 fully saturated rings. The predicted octanol–water partition coefficient (Wildman–Crippen LogP) is 4.96. The molecular formula is C10H12F10O. The number of hydrogen-bond donors (Lipinski definition) is 0. The summed E-state index contributed by atoms with van der Waals surface area (Å²) in [5.41, 5.74) is 0. The van der Waals surface area contributed by atoms with Crippen LogP contribution in [0.5, 0.6) is 0 Å². The molecule has 0 amide bonds.